The van der Waals surface area contributed by atoms with Crippen molar-refractivity contribution in [1.29, 1.82) is 0 Å². The van der Waals surface area contributed by atoms with E-state index in [0.29, 0.717) is 25.9 Å². The average molecular weight is 227 g/mol. The Morgan fingerprint density at radius 3 is 2.50 bits per heavy atom. The second-order valence-corrected chi connectivity index (χ2v) is 4.43. The second kappa shape index (κ2) is 6.48. The van der Waals surface area contributed by atoms with Gasteiger partial charge in [0.2, 0.25) is 11.8 Å². The van der Waals surface area contributed by atoms with E-state index in [1.54, 1.807) is 0 Å². The van der Waals surface area contributed by atoms with Crippen LogP contribution in [0.25, 0.3) is 0 Å². The Balaban J connectivity index is 1.93. The van der Waals surface area contributed by atoms with E-state index < -0.39 is 0 Å². The van der Waals surface area contributed by atoms with Crippen molar-refractivity contribution < 1.29 is 9.59 Å². The van der Waals surface area contributed by atoms with Crippen molar-refractivity contribution >= 4 is 11.8 Å². The van der Waals surface area contributed by atoms with Crippen LogP contribution in [0.3, 0.4) is 0 Å². The number of carbonyl (C=O) groups is 2. The van der Waals surface area contributed by atoms with Crippen LogP contribution in [0, 0.1) is 5.92 Å². The first-order valence-corrected chi connectivity index (χ1v) is 5.89. The van der Waals surface area contributed by atoms with E-state index in [4.69, 9.17) is 5.73 Å². The lowest BCUT2D eigenvalue weighted by atomic mass is 10.2. The SMILES string of the molecule is CC(N)CCC(=O)NCCNC(=O)C1CC1. The Kier molecular flexibility index (Phi) is 5.25. The third-order valence-electron chi connectivity index (χ3n) is 2.52. The summed E-state index contributed by atoms with van der Waals surface area (Å²) < 4.78 is 0. The molecule has 2 amide bonds. The molecule has 1 aliphatic carbocycles. The van der Waals surface area contributed by atoms with Gasteiger partial charge in [-0.2, -0.15) is 0 Å². The Bertz CT molecular complexity index is 250. The van der Waals surface area contributed by atoms with Gasteiger partial charge in [0.25, 0.3) is 0 Å². The monoisotopic (exact) mass is 227 g/mol. The Hall–Kier alpha value is -1.10. The number of nitrogens with one attached hydrogen (secondary N) is 2. The van der Waals surface area contributed by atoms with Crippen LogP contribution >= 0.6 is 0 Å². The zero-order valence-corrected chi connectivity index (χ0v) is 9.79. The van der Waals surface area contributed by atoms with Gasteiger partial charge in [0.15, 0.2) is 0 Å². The summed E-state index contributed by atoms with van der Waals surface area (Å²) in [5.41, 5.74) is 5.54. The number of hydrogen-bond donors (Lipinski definition) is 3. The number of hydrogen-bond acceptors (Lipinski definition) is 3. The van der Waals surface area contributed by atoms with Crippen LogP contribution in [0.4, 0.5) is 0 Å². The van der Waals surface area contributed by atoms with Gasteiger partial charge in [-0.1, -0.05) is 0 Å². The van der Waals surface area contributed by atoms with E-state index in [9.17, 15) is 9.59 Å². The van der Waals surface area contributed by atoms with Gasteiger partial charge in [0, 0.05) is 31.5 Å². The van der Waals surface area contributed by atoms with Crippen molar-refractivity contribution in [3.63, 3.8) is 0 Å². The number of carbonyl (C=O) groups excluding carboxylic acids is 2. The predicted molar refractivity (Wildman–Crippen MR) is 61.6 cm³/mol. The second-order valence-electron chi connectivity index (χ2n) is 4.43. The highest BCUT2D eigenvalue weighted by Gasteiger charge is 2.28. The highest BCUT2D eigenvalue weighted by molar-refractivity contribution is 5.81. The van der Waals surface area contributed by atoms with Crippen LogP contribution in [-0.4, -0.2) is 30.9 Å². The zero-order chi connectivity index (χ0) is 12.0. The van der Waals surface area contributed by atoms with Gasteiger partial charge in [-0.25, -0.2) is 0 Å². The van der Waals surface area contributed by atoms with E-state index >= 15 is 0 Å². The minimum Gasteiger partial charge on any atom is -0.354 e. The summed E-state index contributed by atoms with van der Waals surface area (Å²) in [6, 6.07) is 0.0559. The molecule has 1 unspecified atom stereocenters. The van der Waals surface area contributed by atoms with Crippen LogP contribution < -0.4 is 16.4 Å². The summed E-state index contributed by atoms with van der Waals surface area (Å²) in [6.45, 7) is 2.89. The molecule has 4 N–H and O–H groups in total. The van der Waals surface area contributed by atoms with Crippen LogP contribution in [0.2, 0.25) is 0 Å². The summed E-state index contributed by atoms with van der Waals surface area (Å²) in [5.74, 6) is 0.344. The fourth-order valence-electron chi connectivity index (χ4n) is 1.32. The molecule has 16 heavy (non-hydrogen) atoms. The molecule has 0 bridgehead atoms. The Morgan fingerprint density at radius 2 is 1.94 bits per heavy atom. The molecule has 1 saturated carbocycles. The van der Waals surface area contributed by atoms with Gasteiger partial charge >= 0.3 is 0 Å². The largest absolute Gasteiger partial charge is 0.354 e. The smallest absolute Gasteiger partial charge is 0.223 e. The Morgan fingerprint density at radius 1 is 1.31 bits per heavy atom. The van der Waals surface area contributed by atoms with Crippen LogP contribution in [0.5, 0.6) is 0 Å². The fraction of sp³-hybridized carbons (Fsp3) is 0.818. The molecule has 5 heteroatoms. The van der Waals surface area contributed by atoms with Gasteiger partial charge in [-0.3, -0.25) is 9.59 Å². The third-order valence-corrected chi connectivity index (χ3v) is 2.52. The van der Waals surface area contributed by atoms with E-state index in [1.165, 1.54) is 0 Å². The van der Waals surface area contributed by atoms with Crippen molar-refractivity contribution in [3.8, 4) is 0 Å². The maximum atomic E-state index is 11.3. The van der Waals surface area contributed by atoms with Crippen LogP contribution in [0.1, 0.15) is 32.6 Å². The average Bonchev–Trinajstić information content (AvgIpc) is 3.04. The molecule has 0 saturated heterocycles. The van der Waals surface area contributed by atoms with Crippen LogP contribution in [0.15, 0.2) is 0 Å². The number of rotatable bonds is 7. The maximum absolute atomic E-state index is 11.3. The van der Waals surface area contributed by atoms with Gasteiger partial charge in [-0.05, 0) is 26.2 Å². The summed E-state index contributed by atoms with van der Waals surface area (Å²) >= 11 is 0. The molecular weight excluding hydrogens is 206 g/mol. The topological polar surface area (TPSA) is 84.2 Å². The lowest BCUT2D eigenvalue weighted by Gasteiger charge is -2.07. The summed E-state index contributed by atoms with van der Waals surface area (Å²) in [6.07, 6.45) is 3.16. The van der Waals surface area contributed by atoms with E-state index in [2.05, 4.69) is 10.6 Å². The van der Waals surface area contributed by atoms with Crippen molar-refractivity contribution in [3.05, 3.63) is 0 Å². The van der Waals surface area contributed by atoms with E-state index in [1.807, 2.05) is 6.92 Å². The summed E-state index contributed by atoms with van der Waals surface area (Å²) in [4.78, 5) is 22.5. The molecule has 0 aliphatic heterocycles. The molecule has 1 fully saturated rings. The summed E-state index contributed by atoms with van der Waals surface area (Å²) in [5, 5.41) is 5.53. The molecule has 0 aromatic rings. The van der Waals surface area contributed by atoms with Crippen molar-refractivity contribution in [2.24, 2.45) is 11.7 Å². The molecule has 5 nitrogen and oxygen atoms in total. The standard InChI is InChI=1S/C11H21N3O2/c1-8(12)2-5-10(15)13-6-7-14-11(16)9-3-4-9/h8-9H,2-7,12H2,1H3,(H,13,15)(H,14,16). The summed E-state index contributed by atoms with van der Waals surface area (Å²) in [7, 11) is 0. The molecule has 0 aromatic carbocycles. The van der Waals surface area contributed by atoms with Crippen molar-refractivity contribution in [1.82, 2.24) is 10.6 Å². The molecule has 0 spiro atoms. The Labute approximate surface area is 96.1 Å². The van der Waals surface area contributed by atoms with Crippen molar-refractivity contribution in [2.45, 2.75) is 38.6 Å². The first-order chi connectivity index (χ1) is 7.59. The number of nitrogens with two attached hydrogens (primary N) is 1. The lowest BCUT2D eigenvalue weighted by molar-refractivity contribution is -0.123. The molecule has 0 radical (unpaired) electrons. The molecular formula is C11H21N3O2. The molecule has 0 aromatic heterocycles. The maximum Gasteiger partial charge on any atom is 0.223 e. The third kappa shape index (κ3) is 5.70. The normalized spacial score (nSPS) is 16.6. The van der Waals surface area contributed by atoms with E-state index in [-0.39, 0.29) is 23.8 Å². The first kappa shape index (κ1) is 13.0. The van der Waals surface area contributed by atoms with Gasteiger partial charge < -0.3 is 16.4 Å². The molecule has 92 valence electrons. The van der Waals surface area contributed by atoms with Gasteiger partial charge in [0.1, 0.15) is 0 Å². The predicted octanol–water partition coefficient (Wildman–Crippen LogP) is -0.244. The molecule has 1 aliphatic rings. The number of amides is 2. The van der Waals surface area contributed by atoms with Gasteiger partial charge in [-0.15, -0.1) is 0 Å². The zero-order valence-electron chi connectivity index (χ0n) is 9.79. The minimum atomic E-state index is -0.00188. The van der Waals surface area contributed by atoms with Crippen molar-refractivity contribution in [2.75, 3.05) is 13.1 Å². The highest BCUT2D eigenvalue weighted by atomic mass is 16.2. The lowest BCUT2D eigenvalue weighted by Crippen LogP contribution is -2.35. The van der Waals surface area contributed by atoms with Crippen LogP contribution in [-0.2, 0) is 9.59 Å². The molecule has 1 rings (SSSR count). The quantitative estimate of drug-likeness (QED) is 0.525. The molecule has 0 heterocycles. The fourth-order valence-corrected chi connectivity index (χ4v) is 1.32. The van der Waals surface area contributed by atoms with E-state index in [0.717, 1.165) is 12.8 Å². The highest BCUT2D eigenvalue weighted by Crippen LogP contribution is 2.28. The van der Waals surface area contributed by atoms with Gasteiger partial charge in [0.05, 0.1) is 0 Å². The first-order valence-electron chi connectivity index (χ1n) is 5.89. The minimum absolute atomic E-state index is 0.00188. The molecule has 1 atom stereocenters.